The first kappa shape index (κ1) is 14.8. The molecule has 19 heavy (non-hydrogen) atoms. The molecule has 0 aromatic rings. The summed E-state index contributed by atoms with van der Waals surface area (Å²) in [5.74, 6) is 1.31. The van der Waals surface area contributed by atoms with E-state index in [1.807, 2.05) is 11.9 Å². The number of nitrogens with two attached hydrogens (primary N) is 1. The van der Waals surface area contributed by atoms with Crippen molar-refractivity contribution in [2.45, 2.75) is 58.4 Å². The maximum atomic E-state index is 12.8. The summed E-state index contributed by atoms with van der Waals surface area (Å²) in [5, 5.41) is 0. The van der Waals surface area contributed by atoms with Crippen LogP contribution in [0.4, 0.5) is 0 Å². The molecule has 108 valence electrons. The van der Waals surface area contributed by atoms with E-state index in [2.05, 4.69) is 13.8 Å². The van der Waals surface area contributed by atoms with Crippen molar-refractivity contribution in [3.05, 3.63) is 0 Å². The standard InChI is InChI=1S/C15H26N2OS/c1-10-8-15(9-10,13(16)19)14(18)17(3)12-7-5-4-6-11(12)2/h10-12H,4-9H2,1-3H3,(H2,16,19). The number of hydrogen-bond acceptors (Lipinski definition) is 2. The van der Waals surface area contributed by atoms with Crippen LogP contribution in [0.5, 0.6) is 0 Å². The van der Waals surface area contributed by atoms with Crippen molar-refractivity contribution >= 4 is 23.1 Å². The minimum Gasteiger partial charge on any atom is -0.392 e. The lowest BCUT2D eigenvalue weighted by Gasteiger charge is -2.48. The Morgan fingerprint density at radius 1 is 1.26 bits per heavy atom. The monoisotopic (exact) mass is 282 g/mol. The molecule has 2 fully saturated rings. The molecule has 0 radical (unpaired) electrons. The zero-order chi connectivity index (χ0) is 14.2. The second-order valence-corrected chi connectivity index (χ2v) is 7.14. The summed E-state index contributed by atoms with van der Waals surface area (Å²) in [6.45, 7) is 4.41. The summed E-state index contributed by atoms with van der Waals surface area (Å²) in [6.07, 6.45) is 6.50. The van der Waals surface area contributed by atoms with Crippen LogP contribution in [0.25, 0.3) is 0 Å². The van der Waals surface area contributed by atoms with Gasteiger partial charge in [-0.05, 0) is 37.5 Å². The molecule has 0 heterocycles. The SMILES string of the molecule is CC1CC(C(=O)N(C)C2CCCCC2C)(C(N)=S)C1. The molecule has 2 aliphatic rings. The third kappa shape index (κ3) is 2.51. The van der Waals surface area contributed by atoms with Crippen LogP contribution in [0.2, 0.25) is 0 Å². The van der Waals surface area contributed by atoms with Crippen LogP contribution in [0, 0.1) is 17.3 Å². The van der Waals surface area contributed by atoms with E-state index in [9.17, 15) is 4.79 Å². The van der Waals surface area contributed by atoms with E-state index in [-0.39, 0.29) is 5.91 Å². The molecule has 2 unspecified atom stereocenters. The van der Waals surface area contributed by atoms with Gasteiger partial charge in [-0.25, -0.2) is 0 Å². The normalized spacial score (nSPS) is 38.4. The smallest absolute Gasteiger partial charge is 0.235 e. The number of amides is 1. The van der Waals surface area contributed by atoms with Crippen LogP contribution in [0.1, 0.15) is 52.4 Å². The molecule has 0 saturated heterocycles. The lowest BCUT2D eigenvalue weighted by atomic mass is 9.61. The first-order valence-electron chi connectivity index (χ1n) is 7.45. The molecular weight excluding hydrogens is 256 g/mol. The maximum Gasteiger partial charge on any atom is 0.235 e. The third-order valence-corrected chi connectivity index (χ3v) is 5.55. The molecule has 0 spiro atoms. The molecule has 0 aliphatic heterocycles. The van der Waals surface area contributed by atoms with Gasteiger partial charge in [0.2, 0.25) is 5.91 Å². The minimum absolute atomic E-state index is 0.164. The average molecular weight is 282 g/mol. The number of rotatable bonds is 3. The Morgan fingerprint density at radius 2 is 1.84 bits per heavy atom. The van der Waals surface area contributed by atoms with Crippen LogP contribution < -0.4 is 5.73 Å². The highest BCUT2D eigenvalue weighted by Gasteiger charge is 2.52. The summed E-state index contributed by atoms with van der Waals surface area (Å²) in [5.41, 5.74) is 5.34. The van der Waals surface area contributed by atoms with Crippen molar-refractivity contribution in [3.63, 3.8) is 0 Å². The van der Waals surface area contributed by atoms with E-state index in [1.54, 1.807) is 0 Å². The van der Waals surface area contributed by atoms with E-state index < -0.39 is 5.41 Å². The Morgan fingerprint density at radius 3 is 2.32 bits per heavy atom. The van der Waals surface area contributed by atoms with Crippen molar-refractivity contribution in [3.8, 4) is 0 Å². The highest BCUT2D eigenvalue weighted by Crippen LogP contribution is 2.47. The van der Waals surface area contributed by atoms with Gasteiger partial charge >= 0.3 is 0 Å². The van der Waals surface area contributed by atoms with Gasteiger partial charge < -0.3 is 10.6 Å². The lowest BCUT2D eigenvalue weighted by Crippen LogP contribution is -2.58. The van der Waals surface area contributed by atoms with E-state index >= 15 is 0 Å². The predicted octanol–water partition coefficient (Wildman–Crippen LogP) is 2.73. The van der Waals surface area contributed by atoms with Gasteiger partial charge in [-0.1, -0.05) is 38.9 Å². The predicted molar refractivity (Wildman–Crippen MR) is 81.8 cm³/mol. The van der Waals surface area contributed by atoms with Crippen molar-refractivity contribution in [1.29, 1.82) is 0 Å². The Bertz CT molecular complexity index is 376. The second-order valence-electron chi connectivity index (χ2n) is 6.70. The zero-order valence-corrected chi connectivity index (χ0v) is 13.1. The fourth-order valence-corrected chi connectivity index (χ4v) is 4.23. The second kappa shape index (κ2) is 5.39. The van der Waals surface area contributed by atoms with Crippen LogP contribution in [0.15, 0.2) is 0 Å². The summed E-state index contributed by atoms with van der Waals surface area (Å²) in [4.78, 5) is 15.2. The van der Waals surface area contributed by atoms with Gasteiger partial charge in [0.05, 0.1) is 10.4 Å². The minimum atomic E-state index is -0.541. The van der Waals surface area contributed by atoms with E-state index in [1.165, 1.54) is 19.3 Å². The number of hydrogen-bond donors (Lipinski definition) is 1. The highest BCUT2D eigenvalue weighted by molar-refractivity contribution is 7.80. The van der Waals surface area contributed by atoms with E-state index in [0.717, 1.165) is 19.3 Å². The summed E-state index contributed by atoms with van der Waals surface area (Å²) in [6, 6.07) is 0.364. The average Bonchev–Trinajstić information content (AvgIpc) is 2.33. The quantitative estimate of drug-likeness (QED) is 0.810. The van der Waals surface area contributed by atoms with Crippen LogP contribution >= 0.6 is 12.2 Å². The highest BCUT2D eigenvalue weighted by atomic mass is 32.1. The molecule has 2 aliphatic carbocycles. The van der Waals surface area contributed by atoms with Gasteiger partial charge in [-0.2, -0.15) is 0 Å². The summed E-state index contributed by atoms with van der Waals surface area (Å²) in [7, 11) is 1.94. The molecule has 0 bridgehead atoms. The van der Waals surface area contributed by atoms with Crippen molar-refractivity contribution in [2.75, 3.05) is 7.05 Å². The molecule has 4 heteroatoms. The first-order chi connectivity index (χ1) is 8.88. The maximum absolute atomic E-state index is 12.8. The fraction of sp³-hybridized carbons (Fsp3) is 0.867. The van der Waals surface area contributed by atoms with Crippen molar-refractivity contribution in [2.24, 2.45) is 23.0 Å². The molecule has 2 N–H and O–H groups in total. The first-order valence-corrected chi connectivity index (χ1v) is 7.86. The van der Waals surface area contributed by atoms with Crippen LogP contribution in [-0.4, -0.2) is 28.9 Å². The number of nitrogens with zero attached hydrogens (tertiary/aromatic N) is 1. The fourth-order valence-electron chi connectivity index (χ4n) is 3.97. The zero-order valence-electron chi connectivity index (χ0n) is 12.3. The lowest BCUT2D eigenvalue weighted by molar-refractivity contribution is -0.146. The molecule has 0 aromatic carbocycles. The Balaban J connectivity index is 2.11. The number of carbonyl (C=O) groups excluding carboxylic acids is 1. The van der Waals surface area contributed by atoms with Crippen molar-refractivity contribution < 1.29 is 4.79 Å². The molecule has 0 aromatic heterocycles. The van der Waals surface area contributed by atoms with Gasteiger partial charge in [0, 0.05) is 13.1 Å². The molecular formula is C15H26N2OS. The largest absolute Gasteiger partial charge is 0.392 e. The number of carbonyl (C=O) groups is 1. The molecule has 1 amide bonds. The molecule has 2 saturated carbocycles. The molecule has 3 nitrogen and oxygen atoms in total. The Kier molecular flexibility index (Phi) is 4.19. The van der Waals surface area contributed by atoms with Gasteiger partial charge in [0.25, 0.3) is 0 Å². The summed E-state index contributed by atoms with van der Waals surface area (Å²) < 4.78 is 0. The van der Waals surface area contributed by atoms with E-state index in [0.29, 0.717) is 22.9 Å². The van der Waals surface area contributed by atoms with Crippen molar-refractivity contribution in [1.82, 2.24) is 4.90 Å². The molecule has 2 rings (SSSR count). The van der Waals surface area contributed by atoms with Gasteiger partial charge in [0.1, 0.15) is 0 Å². The van der Waals surface area contributed by atoms with Crippen LogP contribution in [0.3, 0.4) is 0 Å². The van der Waals surface area contributed by atoms with Gasteiger partial charge in [-0.15, -0.1) is 0 Å². The molecule has 2 atom stereocenters. The van der Waals surface area contributed by atoms with Gasteiger partial charge in [-0.3, -0.25) is 4.79 Å². The topological polar surface area (TPSA) is 46.3 Å². The van der Waals surface area contributed by atoms with Gasteiger partial charge in [0.15, 0.2) is 0 Å². The van der Waals surface area contributed by atoms with E-state index in [4.69, 9.17) is 18.0 Å². The van der Waals surface area contributed by atoms with Crippen LogP contribution in [-0.2, 0) is 4.79 Å². The Labute approximate surface area is 121 Å². The third-order valence-electron chi connectivity index (χ3n) is 5.16. The number of thiocarbonyl (C=S) groups is 1. The summed E-state index contributed by atoms with van der Waals surface area (Å²) >= 11 is 5.19. The Hall–Kier alpha value is -0.640.